The fourth-order valence-electron chi connectivity index (χ4n) is 2.18. The van der Waals surface area contributed by atoms with Gasteiger partial charge in [-0.3, -0.25) is 4.79 Å². The molecule has 0 saturated heterocycles. The third-order valence-electron chi connectivity index (χ3n) is 3.33. The van der Waals surface area contributed by atoms with Gasteiger partial charge in [0.1, 0.15) is 5.82 Å². The van der Waals surface area contributed by atoms with Gasteiger partial charge in [0.15, 0.2) is 0 Å². The van der Waals surface area contributed by atoms with E-state index in [-0.39, 0.29) is 0 Å². The molecule has 0 saturated carbocycles. The molecular weight excluding hydrogens is 389 g/mol. The SMILES string of the molecule is Cc1nc(-c2ccccc2NC(=O)/C=C/c2cc(Br)ccc2F)no1. The molecule has 0 bridgehead atoms. The van der Waals surface area contributed by atoms with Crippen LogP contribution in [0.4, 0.5) is 10.1 Å². The Morgan fingerprint density at radius 3 is 2.84 bits per heavy atom. The van der Waals surface area contributed by atoms with Crippen molar-refractivity contribution in [2.45, 2.75) is 6.92 Å². The van der Waals surface area contributed by atoms with Gasteiger partial charge < -0.3 is 9.84 Å². The minimum Gasteiger partial charge on any atom is -0.339 e. The Bertz CT molecular complexity index is 953. The summed E-state index contributed by atoms with van der Waals surface area (Å²) in [6.07, 6.45) is 2.68. The summed E-state index contributed by atoms with van der Waals surface area (Å²) in [4.78, 5) is 16.3. The second-order valence-corrected chi connectivity index (χ2v) is 6.09. The highest BCUT2D eigenvalue weighted by Crippen LogP contribution is 2.25. The molecule has 0 radical (unpaired) electrons. The van der Waals surface area contributed by atoms with Crippen molar-refractivity contribution >= 4 is 33.6 Å². The zero-order valence-corrected chi connectivity index (χ0v) is 14.7. The molecule has 126 valence electrons. The number of aromatic nitrogens is 2. The molecule has 5 nitrogen and oxygen atoms in total. The van der Waals surface area contributed by atoms with Crippen molar-refractivity contribution in [3.8, 4) is 11.4 Å². The second-order valence-electron chi connectivity index (χ2n) is 5.17. The molecule has 1 N–H and O–H groups in total. The standard InChI is InChI=1S/C18H13BrFN3O2/c1-11-21-18(23-25-11)14-4-2-3-5-16(14)22-17(24)9-6-12-10-13(19)7-8-15(12)20/h2-10H,1H3,(H,22,24)/b9-6+. The van der Waals surface area contributed by atoms with Gasteiger partial charge in [0.2, 0.25) is 17.6 Å². The minimum absolute atomic E-state index is 0.312. The van der Waals surface area contributed by atoms with E-state index in [9.17, 15) is 9.18 Å². The van der Waals surface area contributed by atoms with Gasteiger partial charge in [0.05, 0.1) is 5.69 Å². The van der Waals surface area contributed by atoms with Crippen LogP contribution in [0.1, 0.15) is 11.5 Å². The number of carbonyl (C=O) groups excluding carboxylic acids is 1. The maximum Gasteiger partial charge on any atom is 0.248 e. The van der Waals surface area contributed by atoms with E-state index in [2.05, 4.69) is 31.4 Å². The Morgan fingerprint density at radius 1 is 1.28 bits per heavy atom. The maximum absolute atomic E-state index is 13.7. The predicted molar refractivity (Wildman–Crippen MR) is 96.2 cm³/mol. The largest absolute Gasteiger partial charge is 0.339 e. The van der Waals surface area contributed by atoms with Gasteiger partial charge in [-0.2, -0.15) is 4.98 Å². The molecule has 1 amide bonds. The monoisotopic (exact) mass is 401 g/mol. The number of hydrogen-bond donors (Lipinski definition) is 1. The highest BCUT2D eigenvalue weighted by molar-refractivity contribution is 9.10. The van der Waals surface area contributed by atoms with E-state index in [4.69, 9.17) is 4.52 Å². The fraction of sp³-hybridized carbons (Fsp3) is 0.0556. The van der Waals surface area contributed by atoms with Crippen molar-refractivity contribution in [2.75, 3.05) is 5.32 Å². The smallest absolute Gasteiger partial charge is 0.248 e. The summed E-state index contributed by atoms with van der Waals surface area (Å²) in [5, 5.41) is 6.60. The first-order valence-electron chi connectivity index (χ1n) is 7.37. The molecule has 2 aromatic carbocycles. The van der Waals surface area contributed by atoms with E-state index in [0.717, 1.165) is 4.47 Å². The van der Waals surface area contributed by atoms with Crippen LogP contribution in [-0.4, -0.2) is 16.0 Å². The van der Waals surface area contributed by atoms with E-state index in [1.54, 1.807) is 37.3 Å². The van der Waals surface area contributed by atoms with E-state index < -0.39 is 11.7 Å². The van der Waals surface area contributed by atoms with Gasteiger partial charge in [0, 0.05) is 28.6 Å². The topological polar surface area (TPSA) is 68.0 Å². The van der Waals surface area contributed by atoms with Crippen molar-refractivity contribution < 1.29 is 13.7 Å². The third-order valence-corrected chi connectivity index (χ3v) is 3.82. The van der Waals surface area contributed by atoms with Crippen LogP contribution in [0.25, 0.3) is 17.5 Å². The average Bonchev–Trinajstić information content (AvgIpc) is 3.02. The van der Waals surface area contributed by atoms with Crippen LogP contribution >= 0.6 is 15.9 Å². The normalized spacial score (nSPS) is 11.0. The summed E-state index contributed by atoms with van der Waals surface area (Å²) >= 11 is 3.27. The van der Waals surface area contributed by atoms with E-state index in [1.807, 2.05) is 6.07 Å². The first kappa shape index (κ1) is 17.0. The van der Waals surface area contributed by atoms with Crippen molar-refractivity contribution in [1.82, 2.24) is 10.1 Å². The summed E-state index contributed by atoms with van der Waals surface area (Å²) in [5.41, 5.74) is 1.48. The zero-order chi connectivity index (χ0) is 17.8. The van der Waals surface area contributed by atoms with Crippen LogP contribution in [0.15, 0.2) is 57.5 Å². The molecule has 3 aromatic rings. The molecule has 7 heteroatoms. The number of aryl methyl sites for hydroxylation is 1. The van der Waals surface area contributed by atoms with Gasteiger partial charge in [-0.1, -0.05) is 33.2 Å². The van der Waals surface area contributed by atoms with E-state index in [1.165, 1.54) is 18.2 Å². The quantitative estimate of drug-likeness (QED) is 0.648. The number of benzene rings is 2. The Kier molecular flexibility index (Phi) is 5.04. The minimum atomic E-state index is -0.407. The maximum atomic E-state index is 13.7. The summed E-state index contributed by atoms with van der Waals surface area (Å²) in [6, 6.07) is 11.6. The number of nitrogens with one attached hydrogen (secondary N) is 1. The Balaban J connectivity index is 1.80. The zero-order valence-electron chi connectivity index (χ0n) is 13.2. The lowest BCUT2D eigenvalue weighted by molar-refractivity contribution is -0.111. The number of carbonyl (C=O) groups is 1. The number of para-hydroxylation sites is 1. The number of anilines is 1. The van der Waals surface area contributed by atoms with Crippen LogP contribution in [0.5, 0.6) is 0 Å². The highest BCUT2D eigenvalue weighted by atomic mass is 79.9. The van der Waals surface area contributed by atoms with Gasteiger partial charge in [-0.15, -0.1) is 0 Å². The Labute approximate surface area is 151 Å². The van der Waals surface area contributed by atoms with Crippen LogP contribution in [0.2, 0.25) is 0 Å². The second kappa shape index (κ2) is 7.40. The van der Waals surface area contributed by atoms with Crippen LogP contribution in [-0.2, 0) is 4.79 Å². The lowest BCUT2D eigenvalue weighted by atomic mass is 10.1. The molecule has 0 unspecified atom stereocenters. The molecule has 0 aliphatic carbocycles. The molecule has 0 spiro atoms. The first-order valence-corrected chi connectivity index (χ1v) is 8.16. The lowest BCUT2D eigenvalue weighted by Crippen LogP contribution is -2.09. The molecule has 0 aliphatic heterocycles. The van der Waals surface area contributed by atoms with Crippen molar-refractivity contribution in [1.29, 1.82) is 0 Å². The number of amides is 1. The highest BCUT2D eigenvalue weighted by Gasteiger charge is 2.11. The van der Waals surface area contributed by atoms with Gasteiger partial charge in [-0.25, -0.2) is 4.39 Å². The molecule has 1 heterocycles. The third kappa shape index (κ3) is 4.19. The van der Waals surface area contributed by atoms with Crippen LogP contribution < -0.4 is 5.32 Å². The molecule has 1 aromatic heterocycles. The number of halogens is 2. The molecule has 0 aliphatic rings. The molecule has 3 rings (SSSR count). The van der Waals surface area contributed by atoms with E-state index in [0.29, 0.717) is 28.5 Å². The van der Waals surface area contributed by atoms with Gasteiger partial charge in [0.25, 0.3) is 0 Å². The number of hydrogen-bond acceptors (Lipinski definition) is 4. The lowest BCUT2D eigenvalue weighted by Gasteiger charge is -2.06. The van der Waals surface area contributed by atoms with Crippen LogP contribution in [0, 0.1) is 12.7 Å². The van der Waals surface area contributed by atoms with Gasteiger partial charge >= 0.3 is 0 Å². The van der Waals surface area contributed by atoms with Crippen molar-refractivity contribution in [3.63, 3.8) is 0 Å². The summed E-state index contributed by atoms with van der Waals surface area (Å²) in [7, 11) is 0. The summed E-state index contributed by atoms with van der Waals surface area (Å²) in [6.45, 7) is 1.69. The summed E-state index contributed by atoms with van der Waals surface area (Å²) in [5.74, 6) is 0.0125. The Hall–Kier alpha value is -2.80. The fourth-order valence-corrected chi connectivity index (χ4v) is 2.56. The van der Waals surface area contributed by atoms with Crippen LogP contribution in [0.3, 0.4) is 0 Å². The molecule has 25 heavy (non-hydrogen) atoms. The average molecular weight is 402 g/mol. The van der Waals surface area contributed by atoms with Gasteiger partial charge in [-0.05, 0) is 36.4 Å². The van der Waals surface area contributed by atoms with Crippen molar-refractivity contribution in [3.05, 3.63) is 70.3 Å². The Morgan fingerprint density at radius 2 is 2.08 bits per heavy atom. The number of rotatable bonds is 4. The number of nitrogens with zero attached hydrogens (tertiary/aromatic N) is 2. The molecule has 0 fully saturated rings. The predicted octanol–water partition coefficient (Wildman–Crippen LogP) is 4.60. The van der Waals surface area contributed by atoms with E-state index >= 15 is 0 Å². The molecule has 0 atom stereocenters. The molecular formula is C18H13BrFN3O2. The van der Waals surface area contributed by atoms with Crippen molar-refractivity contribution in [2.24, 2.45) is 0 Å². The first-order chi connectivity index (χ1) is 12.0. The summed E-state index contributed by atoms with van der Waals surface area (Å²) < 4.78 is 19.4.